The molecule has 0 radical (unpaired) electrons. The highest BCUT2D eigenvalue weighted by Gasteiger charge is 2.35. The standard InChI is InChI=1S/C24H26N2O5/c1-14(22(27)26-21-12-6-11-19(21)23(28)29)25-24(30)31-13-20-17-9-4-2-7-15(17)16-8-3-5-10-18(16)20/h2-5,7-10,14,19-21H,6,11-13H2,1H3,(H,25,30)(H,26,27)(H,28,29)/t14?,19-,21+/m1/s1. The van der Waals surface area contributed by atoms with Gasteiger partial charge >= 0.3 is 12.1 Å². The van der Waals surface area contributed by atoms with Crippen molar-refractivity contribution in [2.75, 3.05) is 6.61 Å². The van der Waals surface area contributed by atoms with Gasteiger partial charge in [0.15, 0.2) is 0 Å². The first-order valence-corrected chi connectivity index (χ1v) is 10.6. The van der Waals surface area contributed by atoms with Crippen molar-refractivity contribution in [1.29, 1.82) is 0 Å². The maximum absolute atomic E-state index is 12.4. The number of aliphatic carboxylic acids is 1. The lowest BCUT2D eigenvalue weighted by atomic mass is 9.98. The van der Waals surface area contributed by atoms with E-state index in [1.54, 1.807) is 6.92 Å². The van der Waals surface area contributed by atoms with Gasteiger partial charge < -0.3 is 20.5 Å². The largest absolute Gasteiger partial charge is 0.481 e. The third kappa shape index (κ3) is 4.26. The van der Waals surface area contributed by atoms with Crippen molar-refractivity contribution in [3.8, 4) is 11.1 Å². The minimum absolute atomic E-state index is 0.0582. The average molecular weight is 422 g/mol. The van der Waals surface area contributed by atoms with Crippen molar-refractivity contribution in [2.24, 2.45) is 5.92 Å². The lowest BCUT2D eigenvalue weighted by molar-refractivity contribution is -0.142. The first-order valence-electron chi connectivity index (χ1n) is 10.6. The number of carbonyl (C=O) groups excluding carboxylic acids is 2. The summed E-state index contributed by atoms with van der Waals surface area (Å²) in [5, 5.41) is 14.6. The van der Waals surface area contributed by atoms with Gasteiger partial charge in [0.25, 0.3) is 0 Å². The number of alkyl carbamates (subject to hydrolysis) is 1. The predicted molar refractivity (Wildman–Crippen MR) is 115 cm³/mol. The SMILES string of the molecule is CC(NC(=O)OCC1c2ccccc2-c2ccccc21)C(=O)N[C@H]1CCC[C@H]1C(=O)O. The zero-order valence-corrected chi connectivity index (χ0v) is 17.3. The van der Waals surface area contributed by atoms with Gasteiger partial charge in [-0.1, -0.05) is 55.0 Å². The van der Waals surface area contributed by atoms with Crippen LogP contribution < -0.4 is 10.6 Å². The molecule has 1 saturated carbocycles. The van der Waals surface area contributed by atoms with Crippen LogP contribution in [0.4, 0.5) is 4.79 Å². The average Bonchev–Trinajstić information content (AvgIpc) is 3.35. The van der Waals surface area contributed by atoms with E-state index >= 15 is 0 Å². The Morgan fingerprint density at radius 2 is 1.65 bits per heavy atom. The van der Waals surface area contributed by atoms with Crippen LogP contribution >= 0.6 is 0 Å². The van der Waals surface area contributed by atoms with Crippen molar-refractivity contribution in [3.05, 3.63) is 59.7 Å². The minimum atomic E-state index is -0.903. The van der Waals surface area contributed by atoms with Crippen LogP contribution in [0.2, 0.25) is 0 Å². The number of benzene rings is 2. The molecule has 0 saturated heterocycles. The van der Waals surface area contributed by atoms with Crippen LogP contribution in [0.5, 0.6) is 0 Å². The van der Waals surface area contributed by atoms with Crippen LogP contribution in [0.25, 0.3) is 11.1 Å². The van der Waals surface area contributed by atoms with Gasteiger partial charge in [0, 0.05) is 12.0 Å². The molecule has 0 aromatic heterocycles. The van der Waals surface area contributed by atoms with Crippen LogP contribution in [0.3, 0.4) is 0 Å². The van der Waals surface area contributed by atoms with Crippen molar-refractivity contribution in [2.45, 2.75) is 44.2 Å². The Morgan fingerprint density at radius 3 is 2.26 bits per heavy atom. The number of carbonyl (C=O) groups is 3. The summed E-state index contributed by atoms with van der Waals surface area (Å²) >= 11 is 0. The van der Waals surface area contributed by atoms with E-state index in [0.717, 1.165) is 28.7 Å². The van der Waals surface area contributed by atoms with Gasteiger partial charge in [-0.2, -0.15) is 0 Å². The molecule has 3 atom stereocenters. The van der Waals surface area contributed by atoms with Gasteiger partial charge in [0.05, 0.1) is 5.92 Å². The second kappa shape index (κ2) is 8.79. The second-order valence-corrected chi connectivity index (χ2v) is 8.18. The molecule has 2 amide bonds. The number of carboxylic acid groups (broad SMARTS) is 1. The smallest absolute Gasteiger partial charge is 0.407 e. The fraction of sp³-hybridized carbons (Fsp3) is 0.375. The summed E-state index contributed by atoms with van der Waals surface area (Å²) in [6.45, 7) is 1.72. The summed E-state index contributed by atoms with van der Waals surface area (Å²) in [5.41, 5.74) is 4.51. The van der Waals surface area contributed by atoms with Crippen LogP contribution in [-0.4, -0.2) is 41.8 Å². The van der Waals surface area contributed by atoms with E-state index in [0.29, 0.717) is 12.8 Å². The second-order valence-electron chi connectivity index (χ2n) is 8.18. The third-order valence-electron chi connectivity index (χ3n) is 6.23. The predicted octanol–water partition coefficient (Wildman–Crippen LogP) is 3.28. The minimum Gasteiger partial charge on any atom is -0.481 e. The summed E-state index contributed by atoms with van der Waals surface area (Å²) in [7, 11) is 0. The third-order valence-corrected chi connectivity index (χ3v) is 6.23. The highest BCUT2D eigenvalue weighted by molar-refractivity contribution is 5.86. The summed E-state index contributed by atoms with van der Waals surface area (Å²) < 4.78 is 5.47. The Hall–Kier alpha value is -3.35. The van der Waals surface area contributed by atoms with Crippen LogP contribution in [0.1, 0.15) is 43.2 Å². The molecule has 31 heavy (non-hydrogen) atoms. The fourth-order valence-corrected chi connectivity index (χ4v) is 4.62. The molecule has 162 valence electrons. The van der Waals surface area contributed by atoms with E-state index in [1.165, 1.54) is 0 Å². The molecule has 7 heteroatoms. The highest BCUT2D eigenvalue weighted by atomic mass is 16.5. The molecular weight excluding hydrogens is 396 g/mol. The van der Waals surface area contributed by atoms with Gasteiger partial charge in [-0.05, 0) is 42.0 Å². The number of fused-ring (bicyclic) bond motifs is 3. The Kier molecular flexibility index (Phi) is 5.93. The molecule has 0 spiro atoms. The van der Waals surface area contributed by atoms with Crippen LogP contribution in [0.15, 0.2) is 48.5 Å². The molecule has 0 aliphatic heterocycles. The first kappa shape index (κ1) is 20.9. The number of rotatable bonds is 6. The number of hydrogen-bond donors (Lipinski definition) is 3. The lowest BCUT2D eigenvalue weighted by Crippen LogP contribution is -2.50. The molecule has 2 aliphatic carbocycles. The van der Waals surface area contributed by atoms with E-state index in [4.69, 9.17) is 4.74 Å². The van der Waals surface area contributed by atoms with Gasteiger partial charge in [0.2, 0.25) is 5.91 Å². The lowest BCUT2D eigenvalue weighted by Gasteiger charge is -2.21. The maximum atomic E-state index is 12.4. The fourth-order valence-electron chi connectivity index (χ4n) is 4.62. The van der Waals surface area contributed by atoms with Crippen LogP contribution in [0, 0.1) is 5.92 Å². The maximum Gasteiger partial charge on any atom is 0.407 e. The molecule has 2 aliphatic rings. The van der Waals surface area contributed by atoms with Crippen molar-refractivity contribution < 1.29 is 24.2 Å². The highest BCUT2D eigenvalue weighted by Crippen LogP contribution is 2.44. The summed E-state index contributed by atoms with van der Waals surface area (Å²) in [5.74, 6) is -1.95. The number of ether oxygens (including phenoxy) is 1. The van der Waals surface area contributed by atoms with E-state index in [9.17, 15) is 19.5 Å². The molecule has 0 bridgehead atoms. The number of hydrogen-bond acceptors (Lipinski definition) is 4. The van der Waals surface area contributed by atoms with E-state index < -0.39 is 36.0 Å². The number of nitrogens with one attached hydrogen (secondary N) is 2. The first-order chi connectivity index (χ1) is 15.0. The molecule has 7 nitrogen and oxygen atoms in total. The Bertz CT molecular complexity index is 959. The molecule has 4 rings (SSSR count). The molecule has 0 heterocycles. The normalized spacial score (nSPS) is 20.4. The topological polar surface area (TPSA) is 105 Å². The zero-order valence-electron chi connectivity index (χ0n) is 17.3. The molecule has 2 aromatic carbocycles. The van der Waals surface area contributed by atoms with Gasteiger partial charge in [-0.3, -0.25) is 9.59 Å². The van der Waals surface area contributed by atoms with E-state index in [1.807, 2.05) is 36.4 Å². The van der Waals surface area contributed by atoms with Crippen molar-refractivity contribution >= 4 is 18.0 Å². The van der Waals surface area contributed by atoms with Crippen molar-refractivity contribution in [3.63, 3.8) is 0 Å². The Balaban J connectivity index is 1.33. The molecule has 1 fully saturated rings. The van der Waals surface area contributed by atoms with Gasteiger partial charge in [-0.15, -0.1) is 0 Å². The monoisotopic (exact) mass is 422 g/mol. The van der Waals surface area contributed by atoms with E-state index in [-0.39, 0.29) is 12.5 Å². The van der Waals surface area contributed by atoms with Gasteiger partial charge in [0.1, 0.15) is 12.6 Å². The Morgan fingerprint density at radius 1 is 1.03 bits per heavy atom. The summed E-state index contributed by atoms with van der Waals surface area (Å²) in [6, 6.07) is 14.9. The van der Waals surface area contributed by atoms with Gasteiger partial charge in [-0.25, -0.2) is 4.79 Å². The molecular formula is C24H26N2O5. The molecule has 2 aromatic rings. The molecule has 1 unspecified atom stereocenters. The molecule has 3 N–H and O–H groups in total. The quantitative estimate of drug-likeness (QED) is 0.663. The Labute approximate surface area is 180 Å². The number of amides is 2. The van der Waals surface area contributed by atoms with Crippen molar-refractivity contribution in [1.82, 2.24) is 10.6 Å². The summed E-state index contributed by atoms with van der Waals surface area (Å²) in [6.07, 6.45) is 1.26. The zero-order chi connectivity index (χ0) is 22.0. The summed E-state index contributed by atoms with van der Waals surface area (Å²) in [4.78, 5) is 36.0. The number of carboxylic acids is 1. The van der Waals surface area contributed by atoms with Crippen LogP contribution in [-0.2, 0) is 14.3 Å². The van der Waals surface area contributed by atoms with E-state index in [2.05, 4.69) is 22.8 Å².